The minimum absolute atomic E-state index is 0.103. The van der Waals surface area contributed by atoms with Gasteiger partial charge in [0.05, 0.1) is 26.4 Å². The largest absolute Gasteiger partial charge is 0.472 e. The first kappa shape index (κ1) is 97.1. The summed E-state index contributed by atoms with van der Waals surface area (Å²) in [6.45, 7) is 11.9. The fraction of sp³-hybridized carbons (Fsp3) is 0.950. The molecule has 99 heavy (non-hydrogen) atoms. The van der Waals surface area contributed by atoms with Crippen LogP contribution in [0.15, 0.2) is 0 Å². The summed E-state index contributed by atoms with van der Waals surface area (Å²) >= 11 is 0. The summed E-state index contributed by atoms with van der Waals surface area (Å²) in [5.74, 6) is 0.231. The van der Waals surface area contributed by atoms with Crippen molar-refractivity contribution in [2.75, 3.05) is 39.6 Å². The van der Waals surface area contributed by atoms with E-state index in [9.17, 15) is 43.2 Å². The fourth-order valence-electron chi connectivity index (χ4n) is 12.3. The van der Waals surface area contributed by atoms with Crippen LogP contribution in [0.3, 0.4) is 0 Å². The van der Waals surface area contributed by atoms with Crippen LogP contribution in [0.2, 0.25) is 0 Å². The molecule has 0 heterocycles. The Bertz CT molecular complexity index is 1920. The van der Waals surface area contributed by atoms with Gasteiger partial charge in [-0.2, -0.15) is 0 Å². The first-order valence-corrected chi connectivity index (χ1v) is 44.4. The molecule has 17 nitrogen and oxygen atoms in total. The minimum Gasteiger partial charge on any atom is -0.462 e. The molecule has 0 radical (unpaired) electrons. The van der Waals surface area contributed by atoms with Crippen molar-refractivity contribution in [3.05, 3.63) is 0 Å². The quantitative estimate of drug-likeness (QED) is 0.0222. The van der Waals surface area contributed by atoms with Crippen molar-refractivity contribution in [2.24, 2.45) is 17.8 Å². The molecule has 0 amide bonds. The molecule has 19 heteroatoms. The van der Waals surface area contributed by atoms with Gasteiger partial charge >= 0.3 is 39.5 Å². The van der Waals surface area contributed by atoms with Crippen molar-refractivity contribution < 1.29 is 80.2 Å². The Hall–Kier alpha value is -1.94. The van der Waals surface area contributed by atoms with Crippen molar-refractivity contribution >= 4 is 39.5 Å². The van der Waals surface area contributed by atoms with Gasteiger partial charge in [0.2, 0.25) is 0 Å². The van der Waals surface area contributed by atoms with E-state index in [1.165, 1.54) is 225 Å². The lowest BCUT2D eigenvalue weighted by Gasteiger charge is -2.21. The van der Waals surface area contributed by atoms with Crippen molar-refractivity contribution in [3.8, 4) is 0 Å². The van der Waals surface area contributed by atoms with Gasteiger partial charge < -0.3 is 33.8 Å². The lowest BCUT2D eigenvalue weighted by molar-refractivity contribution is -0.161. The fourth-order valence-corrected chi connectivity index (χ4v) is 13.9. The second-order valence-corrected chi connectivity index (χ2v) is 32.9. The molecule has 0 aliphatic heterocycles. The normalized spacial score (nSPS) is 14.3. The Morgan fingerprint density at radius 1 is 0.293 bits per heavy atom. The number of hydrogen-bond donors (Lipinski definition) is 3. The Morgan fingerprint density at radius 2 is 0.515 bits per heavy atom. The third kappa shape index (κ3) is 72.8. The Kier molecular flexibility index (Phi) is 69.0. The summed E-state index contributed by atoms with van der Waals surface area (Å²) in [5.41, 5.74) is 0. The second-order valence-electron chi connectivity index (χ2n) is 30.0. The molecule has 0 saturated heterocycles. The predicted molar refractivity (Wildman–Crippen MR) is 405 cm³/mol. The number of rotatable bonds is 78. The number of esters is 4. The summed E-state index contributed by atoms with van der Waals surface area (Å²) in [6.07, 6.45) is 58.4. The van der Waals surface area contributed by atoms with Crippen molar-refractivity contribution in [2.45, 2.75) is 433 Å². The van der Waals surface area contributed by atoms with Crippen LogP contribution in [0, 0.1) is 17.8 Å². The van der Waals surface area contributed by atoms with E-state index in [-0.39, 0.29) is 25.7 Å². The van der Waals surface area contributed by atoms with Gasteiger partial charge in [-0.05, 0) is 43.4 Å². The maximum atomic E-state index is 13.1. The van der Waals surface area contributed by atoms with Crippen LogP contribution < -0.4 is 0 Å². The summed E-state index contributed by atoms with van der Waals surface area (Å²) in [5, 5.41) is 10.6. The zero-order valence-electron chi connectivity index (χ0n) is 65.0. The number of carbonyl (C=O) groups excluding carboxylic acids is 4. The number of hydrogen-bond acceptors (Lipinski definition) is 15. The predicted octanol–water partition coefficient (Wildman–Crippen LogP) is 23.7. The highest BCUT2D eigenvalue weighted by Gasteiger charge is 2.30. The van der Waals surface area contributed by atoms with Gasteiger partial charge in [0.25, 0.3) is 0 Å². The standard InChI is InChI=1S/C80H156O17P2/c1-8-10-11-12-13-14-34-39-47-54-61-77(82)91-68-76(97-80(85)64-57-50-43-42-46-53-60-73(7)9-2)70-95-99(88,89)93-66-74(81)65-92-98(86,87)94-69-75(67-90-78(83)62-55-48-40-35-30-26-23-19-21-25-29-33-38-45-52-59-72(5)6)96-79(84)63-56-49-41-36-31-27-22-18-16-15-17-20-24-28-32-37-44-51-58-71(3)4/h71-76,81H,8-70H2,1-7H3,(H,86,87)(H,88,89)/t73?,74-,75-,76-/m1/s1. The van der Waals surface area contributed by atoms with Gasteiger partial charge in [-0.3, -0.25) is 37.3 Å². The zero-order chi connectivity index (χ0) is 73.0. The molecular weight excluding hydrogens is 1290 g/mol. The Balaban J connectivity index is 5.20. The average Bonchev–Trinajstić information content (AvgIpc) is 1.06. The number of aliphatic hydroxyl groups is 1. The highest BCUT2D eigenvalue weighted by atomic mass is 31.2. The number of phosphoric acid groups is 2. The second kappa shape index (κ2) is 70.4. The zero-order valence-corrected chi connectivity index (χ0v) is 66.8. The van der Waals surface area contributed by atoms with E-state index in [2.05, 4.69) is 48.5 Å². The number of aliphatic hydroxyl groups excluding tert-OH is 1. The third-order valence-electron chi connectivity index (χ3n) is 19.0. The van der Waals surface area contributed by atoms with E-state index in [1.807, 2.05) is 0 Å². The maximum absolute atomic E-state index is 13.1. The Labute approximate surface area is 607 Å². The summed E-state index contributed by atoms with van der Waals surface area (Å²) in [7, 11) is -9.92. The third-order valence-corrected chi connectivity index (χ3v) is 20.9. The monoisotopic (exact) mass is 1450 g/mol. The van der Waals surface area contributed by atoms with Crippen LogP contribution in [-0.4, -0.2) is 96.7 Å². The molecule has 0 aliphatic carbocycles. The van der Waals surface area contributed by atoms with Gasteiger partial charge in [-0.1, -0.05) is 363 Å². The van der Waals surface area contributed by atoms with E-state index < -0.39 is 97.5 Å². The smallest absolute Gasteiger partial charge is 0.462 e. The topological polar surface area (TPSA) is 237 Å². The van der Waals surface area contributed by atoms with Crippen molar-refractivity contribution in [3.63, 3.8) is 0 Å². The molecule has 3 N–H and O–H groups in total. The minimum atomic E-state index is -4.96. The van der Waals surface area contributed by atoms with Crippen LogP contribution in [-0.2, 0) is 65.4 Å². The van der Waals surface area contributed by atoms with Crippen LogP contribution in [0.25, 0.3) is 0 Å². The van der Waals surface area contributed by atoms with E-state index in [0.717, 1.165) is 108 Å². The van der Waals surface area contributed by atoms with Gasteiger partial charge in [-0.25, -0.2) is 9.13 Å². The van der Waals surface area contributed by atoms with Gasteiger partial charge in [-0.15, -0.1) is 0 Å². The van der Waals surface area contributed by atoms with Crippen molar-refractivity contribution in [1.29, 1.82) is 0 Å². The van der Waals surface area contributed by atoms with Gasteiger partial charge in [0, 0.05) is 25.7 Å². The van der Waals surface area contributed by atoms with E-state index in [0.29, 0.717) is 25.7 Å². The highest BCUT2D eigenvalue weighted by Crippen LogP contribution is 2.45. The number of unbranched alkanes of at least 4 members (excludes halogenated alkanes) is 45. The molecule has 0 spiro atoms. The highest BCUT2D eigenvalue weighted by molar-refractivity contribution is 7.47. The number of phosphoric ester groups is 2. The summed E-state index contributed by atoms with van der Waals surface area (Å²) < 4.78 is 68.6. The van der Waals surface area contributed by atoms with E-state index in [4.69, 9.17) is 37.0 Å². The van der Waals surface area contributed by atoms with Gasteiger partial charge in [0.1, 0.15) is 19.3 Å². The molecule has 3 unspecified atom stereocenters. The number of carbonyl (C=O) groups is 4. The molecule has 0 fully saturated rings. The first-order chi connectivity index (χ1) is 47.8. The lowest BCUT2D eigenvalue weighted by atomic mass is 10.00. The Morgan fingerprint density at radius 3 is 0.768 bits per heavy atom. The molecule has 0 rings (SSSR count). The SMILES string of the molecule is CCCCCCCCCCCCC(=O)OC[C@H](COP(=O)(O)OC[C@H](O)COP(=O)(O)OC[C@@H](COC(=O)CCCCCCCCCCCCCCCCCC(C)C)OC(=O)CCCCCCCCCCCCCCCCCCCCC(C)C)OC(=O)CCCCCCCCC(C)CC. The van der Waals surface area contributed by atoms with Gasteiger partial charge in [0.15, 0.2) is 12.2 Å². The molecule has 0 bridgehead atoms. The van der Waals surface area contributed by atoms with Crippen molar-refractivity contribution in [1.82, 2.24) is 0 Å². The molecule has 0 aliphatic rings. The van der Waals surface area contributed by atoms with Crippen LogP contribution in [0.4, 0.5) is 0 Å². The number of ether oxygens (including phenoxy) is 4. The molecule has 6 atom stereocenters. The van der Waals surface area contributed by atoms with Crippen LogP contribution >= 0.6 is 15.6 Å². The molecule has 0 saturated carbocycles. The molecular formula is C80H156O17P2. The molecule has 0 aromatic carbocycles. The lowest BCUT2D eigenvalue weighted by Crippen LogP contribution is -2.30. The van der Waals surface area contributed by atoms with Crippen LogP contribution in [0.5, 0.6) is 0 Å². The van der Waals surface area contributed by atoms with Crippen LogP contribution in [0.1, 0.15) is 414 Å². The summed E-state index contributed by atoms with van der Waals surface area (Å²) in [4.78, 5) is 72.9. The maximum Gasteiger partial charge on any atom is 0.472 e. The first-order valence-electron chi connectivity index (χ1n) is 41.4. The molecule has 588 valence electrons. The molecule has 0 aromatic heterocycles. The van der Waals surface area contributed by atoms with E-state index in [1.54, 1.807) is 0 Å². The summed E-state index contributed by atoms with van der Waals surface area (Å²) in [6, 6.07) is 0. The van der Waals surface area contributed by atoms with E-state index >= 15 is 0 Å². The average molecular weight is 1450 g/mol. The molecule has 0 aromatic rings.